The van der Waals surface area contributed by atoms with Crippen molar-refractivity contribution in [2.24, 2.45) is 0 Å². The van der Waals surface area contributed by atoms with Crippen LogP contribution in [0, 0.1) is 0 Å². The fourth-order valence-corrected chi connectivity index (χ4v) is 1.82. The zero-order valence-electron chi connectivity index (χ0n) is 9.09. The summed E-state index contributed by atoms with van der Waals surface area (Å²) in [6.07, 6.45) is 0. The van der Waals surface area contributed by atoms with Crippen LogP contribution in [0.4, 0.5) is 0 Å². The highest BCUT2D eigenvalue weighted by Gasteiger charge is 2.17. The first kappa shape index (κ1) is 11.7. The van der Waals surface area contributed by atoms with Gasteiger partial charge in [0.25, 0.3) is 0 Å². The highest BCUT2D eigenvalue weighted by atomic mass is 31.0. The molecule has 0 saturated carbocycles. The lowest BCUT2D eigenvalue weighted by atomic mass is 10.0. The van der Waals surface area contributed by atoms with E-state index < -0.39 is 11.6 Å². The molecular weight excluding hydrogens is 231 g/mol. The van der Waals surface area contributed by atoms with E-state index in [0.717, 1.165) is 5.30 Å². The summed E-state index contributed by atoms with van der Waals surface area (Å²) in [6.45, 7) is 0. The van der Waals surface area contributed by atoms with Gasteiger partial charge in [-0.15, -0.1) is 9.24 Å². The Kier molecular flexibility index (Phi) is 3.46. The van der Waals surface area contributed by atoms with Crippen LogP contribution in [-0.2, 0) is 0 Å². The van der Waals surface area contributed by atoms with E-state index in [9.17, 15) is 9.59 Å². The fraction of sp³-hybridized carbons (Fsp3) is 0. The topological polar surface area (TPSA) is 34.1 Å². The lowest BCUT2D eigenvalue weighted by Gasteiger charge is -2.01. The summed E-state index contributed by atoms with van der Waals surface area (Å²) in [4.78, 5) is 23.8. The molecule has 0 spiro atoms. The molecule has 0 amide bonds. The van der Waals surface area contributed by atoms with Crippen LogP contribution >= 0.6 is 9.24 Å². The largest absolute Gasteiger partial charge is 0.285 e. The molecule has 0 saturated heterocycles. The van der Waals surface area contributed by atoms with Gasteiger partial charge in [-0.2, -0.15) is 0 Å². The summed E-state index contributed by atoms with van der Waals surface area (Å²) in [5.41, 5.74) is 0.845. The van der Waals surface area contributed by atoms with Crippen molar-refractivity contribution in [1.29, 1.82) is 0 Å². The number of benzene rings is 2. The fourth-order valence-electron chi connectivity index (χ4n) is 1.53. The van der Waals surface area contributed by atoms with E-state index >= 15 is 0 Å². The highest BCUT2D eigenvalue weighted by molar-refractivity contribution is 7.27. The summed E-state index contributed by atoms with van der Waals surface area (Å²) < 4.78 is 0. The Bertz CT molecular complexity index is 561. The molecule has 2 rings (SSSR count). The van der Waals surface area contributed by atoms with Gasteiger partial charge in [0.1, 0.15) is 0 Å². The Balaban J connectivity index is 2.30. The maximum absolute atomic E-state index is 11.9. The number of carbonyl (C=O) groups is 2. The number of hydrogen-bond donors (Lipinski definition) is 0. The number of hydrogen-bond acceptors (Lipinski definition) is 2. The molecule has 84 valence electrons. The van der Waals surface area contributed by atoms with Crippen LogP contribution in [0.25, 0.3) is 0 Å². The highest BCUT2D eigenvalue weighted by Crippen LogP contribution is 2.07. The molecule has 0 N–H and O–H groups in total. The Morgan fingerprint density at radius 2 is 1.35 bits per heavy atom. The van der Waals surface area contributed by atoms with Crippen molar-refractivity contribution in [1.82, 2.24) is 0 Å². The van der Waals surface area contributed by atoms with Gasteiger partial charge in [0.15, 0.2) is 0 Å². The van der Waals surface area contributed by atoms with E-state index in [-0.39, 0.29) is 0 Å². The monoisotopic (exact) mass is 242 g/mol. The van der Waals surface area contributed by atoms with Gasteiger partial charge in [0, 0.05) is 11.1 Å². The van der Waals surface area contributed by atoms with Crippen LogP contribution < -0.4 is 5.30 Å². The van der Waals surface area contributed by atoms with Crippen LogP contribution in [-0.4, -0.2) is 11.6 Å². The number of rotatable bonds is 3. The quantitative estimate of drug-likeness (QED) is 0.470. The van der Waals surface area contributed by atoms with E-state index in [1.165, 1.54) is 0 Å². The average Bonchev–Trinajstić information content (AvgIpc) is 2.38. The van der Waals surface area contributed by atoms with Gasteiger partial charge in [-0.3, -0.25) is 9.59 Å². The van der Waals surface area contributed by atoms with Crippen molar-refractivity contribution in [2.75, 3.05) is 0 Å². The molecule has 1 atom stereocenters. The lowest BCUT2D eigenvalue weighted by Crippen LogP contribution is -2.15. The Labute approximate surface area is 102 Å². The minimum absolute atomic E-state index is 0.423. The molecule has 0 aliphatic carbocycles. The van der Waals surface area contributed by atoms with Crippen molar-refractivity contribution in [3.8, 4) is 0 Å². The molecular formula is C14H11O2P. The van der Waals surface area contributed by atoms with E-state index in [4.69, 9.17) is 0 Å². The average molecular weight is 242 g/mol. The van der Waals surface area contributed by atoms with Gasteiger partial charge in [-0.25, -0.2) is 0 Å². The Morgan fingerprint density at radius 3 is 2.00 bits per heavy atom. The molecule has 0 aliphatic rings. The second kappa shape index (κ2) is 5.03. The van der Waals surface area contributed by atoms with Gasteiger partial charge in [0.2, 0.25) is 11.6 Å². The van der Waals surface area contributed by atoms with Crippen molar-refractivity contribution in [2.45, 2.75) is 0 Å². The smallest absolute Gasteiger partial charge is 0.233 e. The lowest BCUT2D eigenvalue weighted by molar-refractivity contribution is 0.0817. The van der Waals surface area contributed by atoms with Crippen LogP contribution in [0.2, 0.25) is 0 Å². The molecule has 1 unspecified atom stereocenters. The van der Waals surface area contributed by atoms with Crippen LogP contribution in [0.5, 0.6) is 0 Å². The Morgan fingerprint density at radius 1 is 0.765 bits per heavy atom. The minimum atomic E-state index is -0.472. The minimum Gasteiger partial charge on any atom is -0.285 e. The summed E-state index contributed by atoms with van der Waals surface area (Å²) in [5.74, 6) is -0.943. The van der Waals surface area contributed by atoms with Crippen LogP contribution in [0.15, 0.2) is 54.6 Å². The molecule has 2 aromatic rings. The van der Waals surface area contributed by atoms with Crippen LogP contribution in [0.1, 0.15) is 20.7 Å². The zero-order valence-corrected chi connectivity index (χ0v) is 10.2. The summed E-state index contributed by atoms with van der Waals surface area (Å²) >= 11 is 0. The molecule has 3 heteroatoms. The molecule has 17 heavy (non-hydrogen) atoms. The third-order valence-corrected chi connectivity index (χ3v) is 2.75. The van der Waals surface area contributed by atoms with Crippen molar-refractivity contribution < 1.29 is 9.59 Å². The second-order valence-electron chi connectivity index (χ2n) is 3.65. The third kappa shape index (κ3) is 2.66. The van der Waals surface area contributed by atoms with E-state index in [2.05, 4.69) is 9.24 Å². The normalized spacial score (nSPS) is 9.94. The third-order valence-electron chi connectivity index (χ3n) is 2.39. The maximum atomic E-state index is 11.9. The maximum Gasteiger partial charge on any atom is 0.233 e. The molecule has 0 bridgehead atoms. The van der Waals surface area contributed by atoms with Crippen molar-refractivity contribution in [3.05, 3.63) is 65.7 Å². The standard InChI is InChI=1S/C14H11O2P/c15-13(10-5-2-1-3-6-10)14(16)11-7-4-8-12(17)9-11/h1-9H,17H2. The molecule has 2 nitrogen and oxygen atoms in total. The van der Waals surface area contributed by atoms with Gasteiger partial charge in [-0.05, 0) is 11.4 Å². The Hall–Kier alpha value is -1.79. The van der Waals surface area contributed by atoms with Crippen molar-refractivity contribution in [3.63, 3.8) is 0 Å². The van der Waals surface area contributed by atoms with E-state index in [0.29, 0.717) is 11.1 Å². The van der Waals surface area contributed by atoms with E-state index in [1.807, 2.05) is 12.1 Å². The molecule has 0 radical (unpaired) electrons. The number of carbonyl (C=O) groups excluding carboxylic acids is 2. The molecule has 0 aromatic heterocycles. The first-order chi connectivity index (χ1) is 8.18. The van der Waals surface area contributed by atoms with E-state index in [1.54, 1.807) is 42.5 Å². The van der Waals surface area contributed by atoms with Crippen molar-refractivity contribution >= 4 is 26.1 Å². The predicted octanol–water partition coefficient (Wildman–Crippen LogP) is 2.25. The summed E-state index contributed by atoms with van der Waals surface area (Å²) in [6, 6.07) is 15.5. The molecule has 2 aromatic carbocycles. The molecule has 0 fully saturated rings. The first-order valence-electron chi connectivity index (χ1n) is 5.18. The second-order valence-corrected chi connectivity index (χ2v) is 4.32. The van der Waals surface area contributed by atoms with Gasteiger partial charge >= 0.3 is 0 Å². The number of Topliss-reactive ketones (excluding diaryl/α,β-unsaturated/α-hetero) is 2. The zero-order chi connectivity index (χ0) is 12.3. The van der Waals surface area contributed by atoms with Gasteiger partial charge < -0.3 is 0 Å². The molecule has 0 aliphatic heterocycles. The first-order valence-corrected chi connectivity index (χ1v) is 5.76. The summed E-state index contributed by atoms with van der Waals surface area (Å²) in [7, 11) is 2.51. The van der Waals surface area contributed by atoms with Gasteiger partial charge in [0.05, 0.1) is 0 Å². The predicted molar refractivity (Wildman–Crippen MR) is 70.9 cm³/mol. The number of ketones is 2. The SMILES string of the molecule is O=C(C(=O)c1cccc(P)c1)c1ccccc1. The van der Waals surface area contributed by atoms with Crippen LogP contribution in [0.3, 0.4) is 0 Å². The van der Waals surface area contributed by atoms with Gasteiger partial charge in [-0.1, -0.05) is 48.5 Å². The summed E-state index contributed by atoms with van der Waals surface area (Å²) in [5, 5.41) is 0.886. The molecule has 0 heterocycles.